The number of fused-ring (bicyclic) bond motifs is 1. The summed E-state index contributed by atoms with van der Waals surface area (Å²) in [6.07, 6.45) is 1.49. The van der Waals surface area contributed by atoms with Crippen molar-refractivity contribution in [2.24, 2.45) is 10.6 Å². The van der Waals surface area contributed by atoms with Gasteiger partial charge < -0.3 is 5.21 Å². The van der Waals surface area contributed by atoms with E-state index in [1.54, 1.807) is 0 Å². The summed E-state index contributed by atoms with van der Waals surface area (Å²) in [4.78, 5) is 0. The smallest absolute Gasteiger partial charge is 0.0733 e. The predicted molar refractivity (Wildman–Crippen MR) is 75.7 cm³/mol. The molecule has 0 amide bonds. The van der Waals surface area contributed by atoms with Gasteiger partial charge in [-0.2, -0.15) is 0 Å². The SMILES string of the molecule is CC1(C)c2ccc(C=NO)cc2C(C)(C)C1(C)C. The van der Waals surface area contributed by atoms with Gasteiger partial charge in [0.05, 0.1) is 6.21 Å². The Morgan fingerprint density at radius 2 is 1.50 bits per heavy atom. The fourth-order valence-corrected chi connectivity index (χ4v) is 3.23. The van der Waals surface area contributed by atoms with Gasteiger partial charge in [0.15, 0.2) is 0 Å². The summed E-state index contributed by atoms with van der Waals surface area (Å²) in [6.45, 7) is 13.9. The first kappa shape index (κ1) is 13.1. The van der Waals surface area contributed by atoms with E-state index in [0.717, 1.165) is 5.56 Å². The molecule has 18 heavy (non-hydrogen) atoms. The fraction of sp³-hybridized carbons (Fsp3) is 0.562. The molecule has 2 nitrogen and oxygen atoms in total. The Hall–Kier alpha value is -1.31. The maximum absolute atomic E-state index is 8.67. The molecular weight excluding hydrogens is 222 g/mol. The van der Waals surface area contributed by atoms with Crippen LogP contribution in [0.1, 0.15) is 58.2 Å². The highest BCUT2D eigenvalue weighted by molar-refractivity contribution is 5.80. The van der Waals surface area contributed by atoms with E-state index in [2.05, 4.69) is 58.8 Å². The van der Waals surface area contributed by atoms with Gasteiger partial charge in [-0.3, -0.25) is 0 Å². The Morgan fingerprint density at radius 3 is 2.06 bits per heavy atom. The average molecular weight is 245 g/mol. The molecule has 2 heteroatoms. The van der Waals surface area contributed by atoms with Crippen molar-refractivity contribution in [2.75, 3.05) is 0 Å². The zero-order chi connectivity index (χ0) is 13.8. The maximum Gasteiger partial charge on any atom is 0.0733 e. The van der Waals surface area contributed by atoms with E-state index >= 15 is 0 Å². The Labute approximate surface area is 110 Å². The van der Waals surface area contributed by atoms with Crippen molar-refractivity contribution in [3.8, 4) is 0 Å². The highest BCUT2D eigenvalue weighted by atomic mass is 16.4. The van der Waals surface area contributed by atoms with Gasteiger partial charge in [0, 0.05) is 0 Å². The number of rotatable bonds is 1. The minimum atomic E-state index is 0.102. The molecule has 0 saturated heterocycles. The number of oxime groups is 1. The second kappa shape index (κ2) is 3.59. The highest BCUT2D eigenvalue weighted by Gasteiger charge is 2.56. The molecule has 1 aromatic carbocycles. The van der Waals surface area contributed by atoms with Gasteiger partial charge >= 0.3 is 0 Å². The Bertz CT molecular complexity index is 510. The van der Waals surface area contributed by atoms with Crippen LogP contribution in [0.3, 0.4) is 0 Å². The van der Waals surface area contributed by atoms with E-state index < -0.39 is 0 Å². The molecule has 1 aromatic rings. The lowest BCUT2D eigenvalue weighted by Gasteiger charge is -2.44. The Morgan fingerprint density at radius 1 is 0.944 bits per heavy atom. The molecule has 1 aliphatic rings. The van der Waals surface area contributed by atoms with E-state index in [1.807, 2.05) is 6.07 Å². The summed E-state index contributed by atoms with van der Waals surface area (Å²) in [5.41, 5.74) is 4.16. The van der Waals surface area contributed by atoms with Crippen LogP contribution in [0.4, 0.5) is 0 Å². The lowest BCUT2D eigenvalue weighted by molar-refractivity contribution is 0.125. The van der Waals surface area contributed by atoms with E-state index in [1.165, 1.54) is 17.3 Å². The van der Waals surface area contributed by atoms with Crippen molar-refractivity contribution in [1.29, 1.82) is 0 Å². The molecule has 0 fully saturated rings. The summed E-state index contributed by atoms with van der Waals surface area (Å²) >= 11 is 0. The lowest BCUT2D eigenvalue weighted by Crippen LogP contribution is -2.42. The zero-order valence-corrected chi connectivity index (χ0v) is 12.2. The van der Waals surface area contributed by atoms with Crippen LogP contribution in [0.25, 0.3) is 0 Å². The molecule has 0 atom stereocenters. The van der Waals surface area contributed by atoms with Crippen LogP contribution >= 0.6 is 0 Å². The van der Waals surface area contributed by atoms with Crippen LogP contribution in [0.2, 0.25) is 0 Å². The Balaban J connectivity index is 2.71. The third-order valence-corrected chi connectivity index (χ3v) is 5.72. The van der Waals surface area contributed by atoms with E-state index in [9.17, 15) is 0 Å². The quantitative estimate of drug-likeness (QED) is 0.451. The minimum Gasteiger partial charge on any atom is -0.411 e. The zero-order valence-electron chi connectivity index (χ0n) is 12.2. The molecule has 0 unspecified atom stereocenters. The fourth-order valence-electron chi connectivity index (χ4n) is 3.23. The van der Waals surface area contributed by atoms with E-state index in [4.69, 9.17) is 5.21 Å². The standard InChI is InChI=1S/C16H23NO/c1-14(2)12-8-7-11(10-17-18)9-13(12)15(3,4)16(14,5)6/h7-10,18H,1-6H3. The maximum atomic E-state index is 8.67. The van der Waals surface area contributed by atoms with Gasteiger partial charge in [0.25, 0.3) is 0 Å². The normalized spacial score (nSPS) is 23.2. The summed E-state index contributed by atoms with van der Waals surface area (Å²) in [6, 6.07) is 6.37. The second-order valence-corrected chi connectivity index (χ2v) is 6.92. The summed E-state index contributed by atoms with van der Waals surface area (Å²) in [5, 5.41) is 11.8. The molecule has 0 aliphatic heterocycles. The van der Waals surface area contributed by atoms with Crippen molar-refractivity contribution in [2.45, 2.75) is 52.4 Å². The molecular formula is C16H23NO. The summed E-state index contributed by atoms with van der Waals surface area (Å²) < 4.78 is 0. The molecule has 2 rings (SSSR count). The average Bonchev–Trinajstić information content (AvgIpc) is 2.37. The van der Waals surface area contributed by atoms with Gasteiger partial charge in [-0.25, -0.2) is 0 Å². The third-order valence-electron chi connectivity index (χ3n) is 5.72. The molecule has 0 saturated carbocycles. The molecule has 0 bridgehead atoms. The molecule has 0 radical (unpaired) electrons. The molecule has 98 valence electrons. The van der Waals surface area contributed by atoms with Crippen molar-refractivity contribution >= 4 is 6.21 Å². The summed E-state index contributed by atoms with van der Waals surface area (Å²) in [5.74, 6) is 0. The van der Waals surface area contributed by atoms with Gasteiger partial charge in [0.1, 0.15) is 0 Å². The van der Waals surface area contributed by atoms with Crippen LogP contribution in [0, 0.1) is 5.41 Å². The van der Waals surface area contributed by atoms with E-state index in [-0.39, 0.29) is 16.2 Å². The van der Waals surface area contributed by atoms with Crippen molar-refractivity contribution in [1.82, 2.24) is 0 Å². The van der Waals surface area contributed by atoms with Gasteiger partial charge in [-0.05, 0) is 39.0 Å². The number of nitrogens with zero attached hydrogens (tertiary/aromatic N) is 1. The minimum absolute atomic E-state index is 0.102. The number of benzene rings is 1. The monoisotopic (exact) mass is 245 g/mol. The molecule has 1 N–H and O–H groups in total. The van der Waals surface area contributed by atoms with Crippen molar-refractivity contribution in [3.63, 3.8) is 0 Å². The first-order chi connectivity index (χ1) is 8.16. The van der Waals surface area contributed by atoms with Crippen molar-refractivity contribution in [3.05, 3.63) is 34.9 Å². The Kier molecular flexibility index (Phi) is 2.62. The predicted octanol–water partition coefficient (Wildman–Crippen LogP) is 4.09. The van der Waals surface area contributed by atoms with Crippen LogP contribution in [0.5, 0.6) is 0 Å². The van der Waals surface area contributed by atoms with Crippen LogP contribution in [-0.2, 0) is 10.8 Å². The first-order valence-electron chi connectivity index (χ1n) is 6.48. The first-order valence-corrected chi connectivity index (χ1v) is 6.48. The topological polar surface area (TPSA) is 32.6 Å². The number of hydrogen-bond donors (Lipinski definition) is 1. The number of hydrogen-bond acceptors (Lipinski definition) is 2. The lowest BCUT2D eigenvalue weighted by atomic mass is 9.59. The summed E-state index contributed by atoms with van der Waals surface area (Å²) in [7, 11) is 0. The second-order valence-electron chi connectivity index (χ2n) is 6.92. The third kappa shape index (κ3) is 1.38. The van der Waals surface area contributed by atoms with Gasteiger partial charge in [-0.1, -0.05) is 58.8 Å². The molecule has 1 aliphatic carbocycles. The molecule has 0 spiro atoms. The highest BCUT2D eigenvalue weighted by Crippen LogP contribution is 2.61. The molecule has 0 heterocycles. The van der Waals surface area contributed by atoms with Crippen LogP contribution in [0.15, 0.2) is 23.4 Å². The van der Waals surface area contributed by atoms with Crippen molar-refractivity contribution < 1.29 is 5.21 Å². The van der Waals surface area contributed by atoms with Gasteiger partial charge in [0.2, 0.25) is 0 Å². The van der Waals surface area contributed by atoms with E-state index in [0.29, 0.717) is 0 Å². The largest absolute Gasteiger partial charge is 0.411 e. The van der Waals surface area contributed by atoms with Gasteiger partial charge in [-0.15, -0.1) is 0 Å². The van der Waals surface area contributed by atoms with Crippen LogP contribution in [-0.4, -0.2) is 11.4 Å². The van der Waals surface area contributed by atoms with Crippen LogP contribution < -0.4 is 0 Å². The molecule has 0 aromatic heterocycles.